The molecule has 0 fully saturated rings. The highest BCUT2D eigenvalue weighted by atomic mass is 32.2. The zero-order valence-electron chi connectivity index (χ0n) is 18.3. The third-order valence-electron chi connectivity index (χ3n) is 5.43. The van der Waals surface area contributed by atoms with E-state index in [0.717, 1.165) is 22.0 Å². The molecule has 7 heteroatoms. The third-order valence-corrected chi connectivity index (χ3v) is 6.32. The van der Waals surface area contributed by atoms with Crippen molar-refractivity contribution in [2.75, 3.05) is 19.7 Å². The van der Waals surface area contributed by atoms with E-state index in [1.54, 1.807) is 6.92 Å². The van der Waals surface area contributed by atoms with Crippen LogP contribution in [0.15, 0.2) is 51.6 Å². The summed E-state index contributed by atoms with van der Waals surface area (Å²) < 4.78 is 5.39. The van der Waals surface area contributed by atoms with E-state index < -0.39 is 0 Å². The minimum atomic E-state index is -0.372. The van der Waals surface area contributed by atoms with Crippen molar-refractivity contribution in [3.63, 3.8) is 0 Å². The van der Waals surface area contributed by atoms with Crippen LogP contribution in [-0.2, 0) is 14.3 Å². The zero-order valence-corrected chi connectivity index (χ0v) is 19.1. The van der Waals surface area contributed by atoms with E-state index in [1.807, 2.05) is 67.2 Å². The Morgan fingerprint density at radius 2 is 1.87 bits per heavy atom. The SMILES string of the molecule is CCOC(=O)C1=C(C)N=C2SC=C(CC(=O)N(CC)CC)N2C1c1ccccc1C. The number of allylic oxidation sites excluding steroid dienone is 1. The lowest BCUT2D eigenvalue weighted by Gasteiger charge is -2.37. The number of esters is 1. The number of amides is 1. The number of thioether (sulfide) groups is 1. The second-order valence-corrected chi connectivity index (χ2v) is 8.05. The normalized spacial score (nSPS) is 18.0. The van der Waals surface area contributed by atoms with Gasteiger partial charge >= 0.3 is 5.97 Å². The van der Waals surface area contributed by atoms with Gasteiger partial charge in [-0.1, -0.05) is 36.0 Å². The van der Waals surface area contributed by atoms with Crippen molar-refractivity contribution in [1.82, 2.24) is 9.80 Å². The predicted molar refractivity (Wildman–Crippen MR) is 121 cm³/mol. The van der Waals surface area contributed by atoms with Gasteiger partial charge in [-0.2, -0.15) is 0 Å². The number of hydrogen-bond acceptors (Lipinski definition) is 6. The molecule has 2 aliphatic rings. The van der Waals surface area contributed by atoms with Crippen molar-refractivity contribution < 1.29 is 14.3 Å². The molecule has 0 saturated heterocycles. The second-order valence-electron chi connectivity index (χ2n) is 7.21. The first kappa shape index (κ1) is 22.2. The van der Waals surface area contributed by atoms with E-state index in [-0.39, 0.29) is 24.3 Å². The number of nitrogens with zero attached hydrogens (tertiary/aromatic N) is 3. The molecular formula is C23H29N3O3S. The van der Waals surface area contributed by atoms with Gasteiger partial charge in [0.2, 0.25) is 5.91 Å². The van der Waals surface area contributed by atoms with Crippen molar-refractivity contribution in [1.29, 1.82) is 0 Å². The number of aryl methyl sites for hydroxylation is 1. The van der Waals surface area contributed by atoms with E-state index in [9.17, 15) is 9.59 Å². The Hall–Kier alpha value is -2.54. The van der Waals surface area contributed by atoms with Gasteiger partial charge in [-0.05, 0) is 51.2 Å². The van der Waals surface area contributed by atoms with Gasteiger partial charge in [0, 0.05) is 18.8 Å². The lowest BCUT2D eigenvalue weighted by atomic mass is 9.91. The molecule has 2 aliphatic heterocycles. The van der Waals surface area contributed by atoms with Crippen LogP contribution in [0, 0.1) is 6.92 Å². The monoisotopic (exact) mass is 427 g/mol. The first-order valence-electron chi connectivity index (χ1n) is 10.4. The Bertz CT molecular complexity index is 931. The van der Waals surface area contributed by atoms with Crippen molar-refractivity contribution in [3.8, 4) is 0 Å². The van der Waals surface area contributed by atoms with Crippen molar-refractivity contribution in [2.45, 2.75) is 47.1 Å². The molecule has 0 N–H and O–H groups in total. The highest BCUT2D eigenvalue weighted by Crippen LogP contribution is 2.45. The average Bonchev–Trinajstić information content (AvgIpc) is 3.10. The summed E-state index contributed by atoms with van der Waals surface area (Å²) in [7, 11) is 0. The Morgan fingerprint density at radius 1 is 1.17 bits per heavy atom. The van der Waals surface area contributed by atoms with Gasteiger partial charge in [-0.15, -0.1) is 0 Å². The number of amidine groups is 1. The smallest absolute Gasteiger partial charge is 0.338 e. The molecule has 3 rings (SSSR count). The highest BCUT2D eigenvalue weighted by molar-refractivity contribution is 8.16. The number of carbonyl (C=O) groups is 2. The van der Waals surface area contributed by atoms with Crippen molar-refractivity contribution in [2.24, 2.45) is 4.99 Å². The summed E-state index contributed by atoms with van der Waals surface area (Å²) in [5.74, 6) is -0.294. The zero-order chi connectivity index (χ0) is 21.8. The van der Waals surface area contributed by atoms with Gasteiger partial charge in [0.25, 0.3) is 0 Å². The minimum Gasteiger partial charge on any atom is -0.463 e. The molecule has 6 nitrogen and oxygen atoms in total. The summed E-state index contributed by atoms with van der Waals surface area (Å²) in [6, 6.07) is 7.65. The number of hydrogen-bond donors (Lipinski definition) is 0. The molecule has 0 aliphatic carbocycles. The van der Waals surface area contributed by atoms with Crippen LogP contribution >= 0.6 is 11.8 Å². The molecule has 30 heavy (non-hydrogen) atoms. The van der Waals surface area contributed by atoms with Gasteiger partial charge in [-0.25, -0.2) is 9.79 Å². The van der Waals surface area contributed by atoms with Gasteiger partial charge in [0.15, 0.2) is 5.17 Å². The standard InChI is InChI=1S/C23H29N3O3S/c1-6-25(7-2)19(27)13-17-14-30-23-24-16(5)20(22(28)29-8-3)21(26(17)23)18-12-10-9-11-15(18)4/h9-12,14,21H,6-8,13H2,1-5H3. The Morgan fingerprint density at radius 3 is 2.50 bits per heavy atom. The molecule has 2 heterocycles. The van der Waals surface area contributed by atoms with Gasteiger partial charge < -0.3 is 14.5 Å². The summed E-state index contributed by atoms with van der Waals surface area (Å²) in [5.41, 5.74) is 4.13. The highest BCUT2D eigenvalue weighted by Gasteiger charge is 2.41. The molecule has 1 unspecified atom stereocenters. The maximum absolute atomic E-state index is 12.9. The van der Waals surface area contributed by atoms with Crippen LogP contribution in [0.3, 0.4) is 0 Å². The van der Waals surface area contributed by atoms with Crippen molar-refractivity contribution in [3.05, 3.63) is 57.8 Å². The first-order chi connectivity index (χ1) is 14.4. The van der Waals surface area contributed by atoms with Crippen molar-refractivity contribution >= 4 is 28.8 Å². The maximum Gasteiger partial charge on any atom is 0.338 e. The predicted octanol–water partition coefficient (Wildman–Crippen LogP) is 4.39. The molecule has 0 saturated carbocycles. The Labute approximate surface area is 182 Å². The number of rotatable bonds is 7. The number of carbonyl (C=O) groups excluding carboxylic acids is 2. The fraction of sp³-hybridized carbons (Fsp3) is 0.435. The topological polar surface area (TPSA) is 62.2 Å². The number of aliphatic imine (C=N–C) groups is 1. The molecule has 0 aromatic heterocycles. The summed E-state index contributed by atoms with van der Waals surface area (Å²) in [6.07, 6.45) is 0.269. The van der Waals surface area contributed by atoms with E-state index >= 15 is 0 Å². The van der Waals surface area contributed by atoms with Crippen LogP contribution in [0.2, 0.25) is 0 Å². The van der Waals surface area contributed by atoms with Crippen LogP contribution < -0.4 is 0 Å². The fourth-order valence-electron chi connectivity index (χ4n) is 3.87. The maximum atomic E-state index is 12.9. The van der Waals surface area contributed by atoms with Gasteiger partial charge in [0.05, 0.1) is 30.3 Å². The van der Waals surface area contributed by atoms with Crippen LogP contribution in [0.25, 0.3) is 0 Å². The van der Waals surface area contributed by atoms with Crippen LogP contribution in [0.4, 0.5) is 0 Å². The summed E-state index contributed by atoms with van der Waals surface area (Å²) in [5, 5.41) is 2.77. The second kappa shape index (κ2) is 9.51. The molecular weight excluding hydrogens is 398 g/mol. The van der Waals surface area contributed by atoms with Crippen LogP contribution in [0.1, 0.15) is 51.3 Å². The first-order valence-corrected chi connectivity index (χ1v) is 11.3. The summed E-state index contributed by atoms with van der Waals surface area (Å²) in [4.78, 5) is 34.3. The molecule has 1 aromatic rings. The largest absolute Gasteiger partial charge is 0.463 e. The molecule has 1 amide bonds. The Balaban J connectivity index is 2.06. The summed E-state index contributed by atoms with van der Waals surface area (Å²) in [6.45, 7) is 11.3. The molecule has 1 aromatic carbocycles. The molecule has 160 valence electrons. The molecule has 0 bridgehead atoms. The summed E-state index contributed by atoms with van der Waals surface area (Å²) >= 11 is 1.50. The molecule has 0 spiro atoms. The lowest BCUT2D eigenvalue weighted by Crippen LogP contribution is -2.39. The molecule has 0 radical (unpaired) electrons. The minimum absolute atomic E-state index is 0.0700. The number of benzene rings is 1. The molecule has 1 atom stereocenters. The average molecular weight is 428 g/mol. The van der Waals surface area contributed by atoms with E-state index in [0.29, 0.717) is 31.0 Å². The fourth-order valence-corrected chi connectivity index (χ4v) is 4.83. The van der Waals surface area contributed by atoms with E-state index in [2.05, 4.69) is 4.99 Å². The Kier molecular flexibility index (Phi) is 7.02. The van der Waals surface area contributed by atoms with Crippen LogP contribution in [0.5, 0.6) is 0 Å². The van der Waals surface area contributed by atoms with E-state index in [4.69, 9.17) is 4.74 Å². The van der Waals surface area contributed by atoms with E-state index in [1.165, 1.54) is 11.8 Å². The number of ether oxygens (including phenoxy) is 1. The lowest BCUT2D eigenvalue weighted by molar-refractivity contribution is -0.139. The number of fused-ring (bicyclic) bond motifs is 1. The third kappa shape index (κ3) is 4.17. The van der Waals surface area contributed by atoms with Crippen LogP contribution in [-0.4, -0.2) is 46.5 Å². The van der Waals surface area contributed by atoms with Gasteiger partial charge in [0.1, 0.15) is 0 Å². The quantitative estimate of drug-likeness (QED) is 0.604. The van der Waals surface area contributed by atoms with Gasteiger partial charge in [-0.3, -0.25) is 4.79 Å².